The number of hydrogen-bond acceptors (Lipinski definition) is 6. The minimum Gasteiger partial charge on any atom is -0.481 e. The van der Waals surface area contributed by atoms with Gasteiger partial charge in [0, 0.05) is 24.1 Å². The van der Waals surface area contributed by atoms with E-state index in [9.17, 15) is 22.8 Å². The van der Waals surface area contributed by atoms with E-state index in [1.165, 1.54) is 13.0 Å². The molecule has 0 fully saturated rings. The molecule has 10 heteroatoms. The number of ether oxygens (including phenoxy) is 3. The van der Waals surface area contributed by atoms with E-state index in [0.717, 1.165) is 17.7 Å². The molecule has 3 aromatic rings. The standard InChI is InChI=1S/C21H16F3NO6/c1-11(20(27)25-9-12-2-5-16-18(6-12)29-10-28-16)30-13-3-4-14-15(21(22,23)24)8-19(26)31-17(14)7-13/h2-8,11H,9-10H2,1H3,(H,25,27)/t11-/m1/s1. The van der Waals surface area contributed by atoms with Crippen molar-refractivity contribution in [2.45, 2.75) is 25.7 Å². The monoisotopic (exact) mass is 435 g/mol. The van der Waals surface area contributed by atoms with Crippen molar-refractivity contribution in [3.63, 3.8) is 0 Å². The lowest BCUT2D eigenvalue weighted by molar-refractivity contribution is -0.136. The van der Waals surface area contributed by atoms with E-state index < -0.39 is 29.4 Å². The van der Waals surface area contributed by atoms with Crippen LogP contribution in [0.2, 0.25) is 0 Å². The Hall–Kier alpha value is -3.69. The Balaban J connectivity index is 1.44. The van der Waals surface area contributed by atoms with Gasteiger partial charge >= 0.3 is 11.8 Å². The normalized spacial score (nSPS) is 13.8. The number of nitrogens with one attached hydrogen (secondary N) is 1. The van der Waals surface area contributed by atoms with Gasteiger partial charge in [-0.3, -0.25) is 4.79 Å². The van der Waals surface area contributed by atoms with Gasteiger partial charge in [-0.05, 0) is 36.8 Å². The zero-order valence-electron chi connectivity index (χ0n) is 16.1. The van der Waals surface area contributed by atoms with Crippen LogP contribution < -0.4 is 25.2 Å². The second-order valence-corrected chi connectivity index (χ2v) is 6.80. The Labute approximate surface area is 173 Å². The number of amides is 1. The predicted octanol–water partition coefficient (Wildman–Crippen LogP) is 3.62. The Morgan fingerprint density at radius 3 is 2.68 bits per heavy atom. The van der Waals surface area contributed by atoms with Gasteiger partial charge in [0.25, 0.3) is 5.91 Å². The topological polar surface area (TPSA) is 87.0 Å². The molecule has 0 aliphatic carbocycles. The van der Waals surface area contributed by atoms with Crippen LogP contribution in [0.15, 0.2) is 51.7 Å². The molecule has 1 aliphatic heterocycles. The van der Waals surface area contributed by atoms with Gasteiger partial charge in [-0.25, -0.2) is 4.79 Å². The summed E-state index contributed by atoms with van der Waals surface area (Å²) in [5, 5.41) is 2.42. The Bertz CT molecular complexity index is 1200. The van der Waals surface area contributed by atoms with Crippen molar-refractivity contribution in [3.05, 3.63) is 64.0 Å². The molecule has 7 nitrogen and oxygen atoms in total. The molecule has 0 saturated heterocycles. The van der Waals surface area contributed by atoms with Crippen molar-refractivity contribution in [1.82, 2.24) is 5.32 Å². The number of carbonyl (C=O) groups excluding carboxylic acids is 1. The lowest BCUT2D eigenvalue weighted by atomic mass is 10.1. The van der Waals surface area contributed by atoms with E-state index in [2.05, 4.69) is 5.32 Å². The molecule has 31 heavy (non-hydrogen) atoms. The maximum absolute atomic E-state index is 13.1. The lowest BCUT2D eigenvalue weighted by Crippen LogP contribution is -2.35. The van der Waals surface area contributed by atoms with Crippen LogP contribution in [0.1, 0.15) is 18.1 Å². The highest BCUT2D eigenvalue weighted by molar-refractivity contribution is 5.83. The summed E-state index contributed by atoms with van der Waals surface area (Å²) in [5.74, 6) is 0.860. The van der Waals surface area contributed by atoms with Crippen molar-refractivity contribution in [2.24, 2.45) is 0 Å². The first-order valence-corrected chi connectivity index (χ1v) is 9.19. The summed E-state index contributed by atoms with van der Waals surface area (Å²) in [6, 6.07) is 9.22. The minimum absolute atomic E-state index is 0.0840. The third-order valence-electron chi connectivity index (χ3n) is 4.61. The highest BCUT2D eigenvalue weighted by Gasteiger charge is 2.34. The lowest BCUT2D eigenvalue weighted by Gasteiger charge is -2.16. The van der Waals surface area contributed by atoms with Crippen LogP contribution in [0.25, 0.3) is 11.0 Å². The molecule has 162 valence electrons. The fraction of sp³-hybridized carbons (Fsp3) is 0.238. The van der Waals surface area contributed by atoms with Gasteiger partial charge in [-0.15, -0.1) is 0 Å². The fourth-order valence-electron chi connectivity index (χ4n) is 3.09. The molecule has 0 bridgehead atoms. The quantitative estimate of drug-likeness (QED) is 0.616. The molecule has 1 aromatic heterocycles. The van der Waals surface area contributed by atoms with Crippen molar-refractivity contribution in [3.8, 4) is 17.2 Å². The van der Waals surface area contributed by atoms with Gasteiger partial charge in [0.1, 0.15) is 11.3 Å². The van der Waals surface area contributed by atoms with E-state index in [4.69, 9.17) is 18.6 Å². The van der Waals surface area contributed by atoms with Crippen LogP contribution >= 0.6 is 0 Å². The summed E-state index contributed by atoms with van der Waals surface area (Å²) in [7, 11) is 0. The van der Waals surface area contributed by atoms with E-state index in [1.54, 1.807) is 18.2 Å². The van der Waals surface area contributed by atoms with Crippen molar-refractivity contribution < 1.29 is 36.6 Å². The number of hydrogen-bond donors (Lipinski definition) is 1. The van der Waals surface area contributed by atoms with Crippen LogP contribution in [-0.4, -0.2) is 18.8 Å². The van der Waals surface area contributed by atoms with Crippen LogP contribution in [0, 0.1) is 0 Å². The molecule has 0 spiro atoms. The Morgan fingerprint density at radius 2 is 1.90 bits per heavy atom. The molecule has 0 unspecified atom stereocenters. The number of rotatable bonds is 5. The summed E-state index contributed by atoms with van der Waals surface area (Å²) < 4.78 is 60.3. The Morgan fingerprint density at radius 1 is 1.13 bits per heavy atom. The van der Waals surface area contributed by atoms with Crippen LogP contribution in [0.3, 0.4) is 0 Å². The molecular weight excluding hydrogens is 419 g/mol. The second-order valence-electron chi connectivity index (χ2n) is 6.80. The maximum Gasteiger partial charge on any atom is 0.417 e. The predicted molar refractivity (Wildman–Crippen MR) is 102 cm³/mol. The first kappa shape index (κ1) is 20.6. The summed E-state index contributed by atoms with van der Waals surface area (Å²) in [6.07, 6.45) is -5.66. The first-order chi connectivity index (χ1) is 14.7. The first-order valence-electron chi connectivity index (χ1n) is 9.19. The number of benzene rings is 2. The summed E-state index contributed by atoms with van der Waals surface area (Å²) in [6.45, 7) is 1.85. The number of fused-ring (bicyclic) bond motifs is 2. The van der Waals surface area contributed by atoms with E-state index in [-0.39, 0.29) is 30.1 Å². The zero-order valence-corrected chi connectivity index (χ0v) is 16.1. The molecule has 0 saturated carbocycles. The third-order valence-corrected chi connectivity index (χ3v) is 4.61. The largest absolute Gasteiger partial charge is 0.481 e. The van der Waals surface area contributed by atoms with Gasteiger partial charge < -0.3 is 23.9 Å². The molecule has 1 aliphatic rings. The van der Waals surface area contributed by atoms with E-state index in [1.807, 2.05) is 0 Å². The van der Waals surface area contributed by atoms with E-state index >= 15 is 0 Å². The van der Waals surface area contributed by atoms with Crippen LogP contribution in [0.4, 0.5) is 13.2 Å². The SMILES string of the molecule is C[C@@H](Oc1ccc2c(C(F)(F)F)cc(=O)oc2c1)C(=O)NCc1ccc2c(c1)OCO2. The molecule has 2 aromatic carbocycles. The molecule has 0 radical (unpaired) electrons. The van der Waals surface area contributed by atoms with Crippen LogP contribution in [0.5, 0.6) is 17.2 Å². The molecule has 4 rings (SSSR count). The minimum atomic E-state index is -4.71. The van der Waals surface area contributed by atoms with Crippen LogP contribution in [-0.2, 0) is 17.5 Å². The van der Waals surface area contributed by atoms with Gasteiger partial charge in [-0.1, -0.05) is 6.07 Å². The maximum atomic E-state index is 13.1. The molecule has 1 amide bonds. The summed E-state index contributed by atoms with van der Waals surface area (Å²) in [4.78, 5) is 23.8. The molecule has 2 heterocycles. The average Bonchev–Trinajstić information content (AvgIpc) is 3.18. The van der Waals surface area contributed by atoms with Gasteiger partial charge in [0.2, 0.25) is 6.79 Å². The summed E-state index contributed by atoms with van der Waals surface area (Å²) >= 11 is 0. The molecule has 1 N–H and O–H groups in total. The molecular formula is C21H16F3NO6. The highest BCUT2D eigenvalue weighted by Crippen LogP contribution is 2.35. The number of alkyl halides is 3. The van der Waals surface area contributed by atoms with Crippen molar-refractivity contribution in [1.29, 1.82) is 0 Å². The number of halogens is 3. The Kier molecular flexibility index (Phi) is 5.22. The van der Waals surface area contributed by atoms with E-state index in [0.29, 0.717) is 17.6 Å². The third kappa shape index (κ3) is 4.42. The highest BCUT2D eigenvalue weighted by atomic mass is 19.4. The summed E-state index contributed by atoms with van der Waals surface area (Å²) in [5.41, 5.74) is -1.73. The average molecular weight is 435 g/mol. The zero-order chi connectivity index (χ0) is 22.2. The van der Waals surface area contributed by atoms with Crippen molar-refractivity contribution in [2.75, 3.05) is 6.79 Å². The molecule has 1 atom stereocenters. The number of carbonyl (C=O) groups is 1. The van der Waals surface area contributed by atoms with Gasteiger partial charge in [0.05, 0.1) is 5.56 Å². The van der Waals surface area contributed by atoms with Gasteiger partial charge in [0.15, 0.2) is 17.6 Å². The second kappa shape index (κ2) is 7.86. The van der Waals surface area contributed by atoms with Gasteiger partial charge in [-0.2, -0.15) is 13.2 Å². The van der Waals surface area contributed by atoms with Crippen molar-refractivity contribution >= 4 is 16.9 Å². The fourth-order valence-corrected chi connectivity index (χ4v) is 3.09. The smallest absolute Gasteiger partial charge is 0.417 e.